The molecular formula is C22H17N3O3. The molecule has 2 aliphatic rings. The van der Waals surface area contributed by atoms with Gasteiger partial charge in [-0.25, -0.2) is 5.01 Å². The van der Waals surface area contributed by atoms with Gasteiger partial charge in [-0.05, 0) is 17.7 Å². The van der Waals surface area contributed by atoms with Gasteiger partial charge in [0, 0.05) is 18.1 Å². The van der Waals surface area contributed by atoms with E-state index in [2.05, 4.69) is 0 Å². The highest BCUT2D eigenvalue weighted by atomic mass is 16.6. The maximum Gasteiger partial charge on any atom is 0.278 e. The van der Waals surface area contributed by atoms with Gasteiger partial charge in [0.1, 0.15) is 5.75 Å². The number of fused-ring (bicyclic) bond motifs is 3. The van der Waals surface area contributed by atoms with E-state index in [9.17, 15) is 10.1 Å². The fraction of sp³-hybridized carbons (Fsp3) is 0.136. The Balaban J connectivity index is 1.64. The maximum atomic E-state index is 11.6. The number of hydrogen-bond donors (Lipinski definition) is 0. The quantitative estimate of drug-likeness (QED) is 0.488. The highest BCUT2D eigenvalue weighted by Crippen LogP contribution is 2.48. The van der Waals surface area contributed by atoms with Crippen LogP contribution in [0.4, 0.5) is 5.69 Å². The summed E-state index contributed by atoms with van der Waals surface area (Å²) in [7, 11) is 0. The molecule has 138 valence electrons. The first-order valence-corrected chi connectivity index (χ1v) is 9.12. The van der Waals surface area contributed by atoms with Gasteiger partial charge in [-0.3, -0.25) is 10.1 Å². The van der Waals surface area contributed by atoms with Gasteiger partial charge in [0.2, 0.25) is 6.23 Å². The Kier molecular flexibility index (Phi) is 3.83. The molecule has 28 heavy (non-hydrogen) atoms. The zero-order valence-corrected chi connectivity index (χ0v) is 14.9. The molecule has 0 spiro atoms. The second-order valence-corrected chi connectivity index (χ2v) is 6.84. The van der Waals surface area contributed by atoms with E-state index in [0.717, 1.165) is 29.0 Å². The largest absolute Gasteiger partial charge is 0.464 e. The van der Waals surface area contributed by atoms with Crippen LogP contribution >= 0.6 is 0 Å². The number of nitro groups is 1. The molecule has 6 nitrogen and oxygen atoms in total. The van der Waals surface area contributed by atoms with Crippen molar-refractivity contribution < 1.29 is 9.66 Å². The maximum absolute atomic E-state index is 11.6. The summed E-state index contributed by atoms with van der Waals surface area (Å²) in [5.41, 5.74) is 3.59. The zero-order valence-electron chi connectivity index (χ0n) is 14.9. The molecule has 0 radical (unpaired) electrons. The molecule has 2 aliphatic heterocycles. The molecule has 0 saturated carbocycles. The average Bonchev–Trinajstić information content (AvgIpc) is 3.19. The van der Waals surface area contributed by atoms with Gasteiger partial charge in [-0.2, -0.15) is 5.10 Å². The summed E-state index contributed by atoms with van der Waals surface area (Å²) in [5.74, 6) is 0.747. The average molecular weight is 371 g/mol. The molecule has 0 bridgehead atoms. The van der Waals surface area contributed by atoms with Gasteiger partial charge in [-0.1, -0.05) is 60.7 Å². The van der Waals surface area contributed by atoms with Crippen molar-refractivity contribution in [3.8, 4) is 5.75 Å². The van der Waals surface area contributed by atoms with Gasteiger partial charge >= 0.3 is 0 Å². The number of nitro benzene ring substituents is 1. The summed E-state index contributed by atoms with van der Waals surface area (Å²) in [6.45, 7) is 0. The molecule has 0 aliphatic carbocycles. The van der Waals surface area contributed by atoms with E-state index < -0.39 is 6.23 Å². The molecule has 0 aromatic heterocycles. The molecule has 2 heterocycles. The molecule has 3 aromatic carbocycles. The second-order valence-electron chi connectivity index (χ2n) is 6.84. The summed E-state index contributed by atoms with van der Waals surface area (Å²) in [6.07, 6.45) is 0.0735. The van der Waals surface area contributed by atoms with E-state index in [1.807, 2.05) is 59.6 Å². The van der Waals surface area contributed by atoms with E-state index >= 15 is 0 Å². The Morgan fingerprint density at radius 3 is 2.39 bits per heavy atom. The van der Waals surface area contributed by atoms with Crippen LogP contribution in [0.1, 0.15) is 35.4 Å². The first-order valence-electron chi connectivity index (χ1n) is 9.12. The topological polar surface area (TPSA) is 68.0 Å². The van der Waals surface area contributed by atoms with E-state index in [1.165, 1.54) is 6.07 Å². The number of benzene rings is 3. The van der Waals surface area contributed by atoms with Gasteiger partial charge < -0.3 is 4.74 Å². The first kappa shape index (κ1) is 16.5. The van der Waals surface area contributed by atoms with Crippen LogP contribution in [0.2, 0.25) is 0 Å². The number of rotatable bonds is 3. The van der Waals surface area contributed by atoms with Crippen LogP contribution in [0.5, 0.6) is 5.75 Å². The van der Waals surface area contributed by atoms with Crippen LogP contribution in [0.25, 0.3) is 0 Å². The predicted molar refractivity (Wildman–Crippen MR) is 105 cm³/mol. The Morgan fingerprint density at radius 2 is 1.61 bits per heavy atom. The minimum atomic E-state index is -0.650. The lowest BCUT2D eigenvalue weighted by molar-refractivity contribution is -0.386. The Hall–Kier alpha value is -3.67. The normalized spacial score (nSPS) is 20.0. The van der Waals surface area contributed by atoms with Crippen LogP contribution in [-0.4, -0.2) is 15.6 Å². The number of nitrogens with zero attached hydrogens (tertiary/aromatic N) is 3. The Labute approximate surface area is 161 Å². The molecule has 0 saturated heterocycles. The van der Waals surface area contributed by atoms with Gasteiger partial charge in [0.15, 0.2) is 0 Å². The fourth-order valence-corrected chi connectivity index (χ4v) is 3.91. The molecule has 0 N–H and O–H groups in total. The lowest BCUT2D eigenvalue weighted by Gasteiger charge is -2.37. The summed E-state index contributed by atoms with van der Waals surface area (Å²) >= 11 is 0. The summed E-state index contributed by atoms with van der Waals surface area (Å²) < 4.78 is 6.22. The third kappa shape index (κ3) is 2.62. The molecule has 6 heteroatoms. The van der Waals surface area contributed by atoms with Crippen LogP contribution in [0, 0.1) is 10.1 Å². The molecule has 3 aromatic rings. The molecular weight excluding hydrogens is 354 g/mol. The monoisotopic (exact) mass is 371 g/mol. The summed E-state index contributed by atoms with van der Waals surface area (Å²) in [5, 5.41) is 18.3. The minimum Gasteiger partial charge on any atom is -0.464 e. The fourth-order valence-electron chi connectivity index (χ4n) is 3.91. The van der Waals surface area contributed by atoms with Crippen molar-refractivity contribution in [2.75, 3.05) is 0 Å². The highest BCUT2D eigenvalue weighted by molar-refractivity contribution is 6.01. The Morgan fingerprint density at radius 1 is 0.929 bits per heavy atom. The van der Waals surface area contributed by atoms with Crippen molar-refractivity contribution in [1.29, 1.82) is 0 Å². The number of para-hydroxylation sites is 2. The predicted octanol–water partition coefficient (Wildman–Crippen LogP) is 4.84. The standard InChI is InChI=1S/C22H17N3O3/c26-25(27)19-12-6-4-11-17(19)22-24-20(16-10-5-7-13-21(16)28-22)14-18(23-24)15-8-2-1-3-9-15/h1-13,20,22H,14H2/t20-,22+/m0/s1. The third-order valence-corrected chi connectivity index (χ3v) is 5.21. The third-order valence-electron chi connectivity index (χ3n) is 5.21. The van der Waals surface area contributed by atoms with Crippen molar-refractivity contribution in [3.05, 3.63) is 106 Å². The van der Waals surface area contributed by atoms with Crippen molar-refractivity contribution in [3.63, 3.8) is 0 Å². The van der Waals surface area contributed by atoms with Crippen LogP contribution < -0.4 is 4.74 Å². The number of hydrazone groups is 1. The molecule has 2 atom stereocenters. The molecule has 0 unspecified atom stereocenters. The van der Waals surface area contributed by atoms with E-state index in [0.29, 0.717) is 5.56 Å². The van der Waals surface area contributed by atoms with Crippen molar-refractivity contribution in [2.45, 2.75) is 18.7 Å². The Bertz CT molecular complexity index is 1080. The van der Waals surface area contributed by atoms with Crippen molar-refractivity contribution >= 4 is 11.4 Å². The number of ether oxygens (including phenoxy) is 1. The number of hydrogen-bond acceptors (Lipinski definition) is 5. The lowest BCUT2D eigenvalue weighted by Crippen LogP contribution is -2.34. The minimum absolute atomic E-state index is 0.0232. The van der Waals surface area contributed by atoms with Crippen molar-refractivity contribution in [1.82, 2.24) is 5.01 Å². The lowest BCUT2D eigenvalue weighted by atomic mass is 9.96. The molecule has 0 fully saturated rings. The smallest absolute Gasteiger partial charge is 0.278 e. The SMILES string of the molecule is O=[N+]([O-])c1ccccc1[C@H]1Oc2ccccc2[C@@H]2CC(c3ccccc3)=NN12. The molecule has 5 rings (SSSR count). The molecule has 0 amide bonds. The van der Waals surface area contributed by atoms with Crippen LogP contribution in [0.3, 0.4) is 0 Å². The van der Waals surface area contributed by atoms with E-state index in [4.69, 9.17) is 9.84 Å². The van der Waals surface area contributed by atoms with Crippen LogP contribution in [-0.2, 0) is 0 Å². The summed E-state index contributed by atoms with van der Waals surface area (Å²) in [4.78, 5) is 11.2. The van der Waals surface area contributed by atoms with Gasteiger partial charge in [0.25, 0.3) is 5.69 Å². The van der Waals surface area contributed by atoms with Gasteiger partial charge in [-0.15, -0.1) is 0 Å². The zero-order chi connectivity index (χ0) is 19.1. The van der Waals surface area contributed by atoms with Gasteiger partial charge in [0.05, 0.1) is 22.2 Å². The van der Waals surface area contributed by atoms with Crippen molar-refractivity contribution in [2.24, 2.45) is 5.10 Å². The second kappa shape index (κ2) is 6.49. The van der Waals surface area contributed by atoms with E-state index in [1.54, 1.807) is 18.2 Å². The summed E-state index contributed by atoms with van der Waals surface area (Å²) in [6, 6.07) is 24.5. The highest BCUT2D eigenvalue weighted by Gasteiger charge is 2.42. The van der Waals surface area contributed by atoms with E-state index in [-0.39, 0.29) is 16.7 Å². The first-order chi connectivity index (χ1) is 13.7. The van der Waals surface area contributed by atoms with Crippen LogP contribution in [0.15, 0.2) is 84.0 Å².